The Bertz CT molecular complexity index is 300. The predicted octanol–water partition coefficient (Wildman–Crippen LogP) is 1.17. The van der Waals surface area contributed by atoms with Crippen LogP contribution in [0.2, 0.25) is 0 Å². The summed E-state index contributed by atoms with van der Waals surface area (Å²) in [5, 5.41) is 8.10. The first-order valence-corrected chi connectivity index (χ1v) is 4.70. The first kappa shape index (κ1) is 11.3. The summed E-state index contributed by atoms with van der Waals surface area (Å²) in [7, 11) is 0. The van der Waals surface area contributed by atoms with E-state index in [1.807, 2.05) is 6.92 Å². The largest absolute Gasteiger partial charge is 0.562 e. The molecule has 0 bridgehead atoms. The van der Waals surface area contributed by atoms with Crippen LogP contribution in [0.25, 0.3) is 0 Å². The van der Waals surface area contributed by atoms with Gasteiger partial charge in [0, 0.05) is 5.71 Å². The Hall–Kier alpha value is -1.79. The molecule has 7 nitrogen and oxygen atoms in total. The van der Waals surface area contributed by atoms with Crippen LogP contribution in [0.1, 0.15) is 33.1 Å². The molecule has 0 saturated carbocycles. The molecule has 0 aliphatic carbocycles. The monoisotopic (exact) mass is 214 g/mol. The smallest absolute Gasteiger partial charge is 0.363 e. The maximum absolute atomic E-state index is 10.7. The zero-order valence-corrected chi connectivity index (χ0v) is 8.77. The van der Waals surface area contributed by atoms with Gasteiger partial charge in [0.2, 0.25) is 0 Å². The van der Waals surface area contributed by atoms with E-state index in [9.17, 15) is 4.79 Å². The van der Waals surface area contributed by atoms with Gasteiger partial charge in [-0.2, -0.15) is 4.79 Å². The summed E-state index contributed by atoms with van der Waals surface area (Å²) in [5.41, 5.74) is 6.19. The number of oxime groups is 1. The average molecular weight is 214 g/mol. The van der Waals surface area contributed by atoms with Crippen molar-refractivity contribution in [2.75, 3.05) is 0 Å². The molecule has 1 aliphatic heterocycles. The molecule has 0 aromatic rings. The molecule has 0 aromatic carbocycles. The van der Waals surface area contributed by atoms with Gasteiger partial charge in [-0.25, -0.2) is 0 Å². The molecule has 0 saturated heterocycles. The molecule has 1 rings (SSSR count). The number of hydroxylamine groups is 1. The van der Waals surface area contributed by atoms with E-state index in [0.717, 1.165) is 30.1 Å². The van der Waals surface area contributed by atoms with Crippen LogP contribution in [0, 0.1) is 0 Å². The van der Waals surface area contributed by atoms with E-state index in [1.54, 1.807) is 0 Å². The number of nitrogens with two attached hydrogens (primary N) is 1. The lowest BCUT2D eigenvalue weighted by molar-refractivity contribution is -0.0957. The van der Waals surface area contributed by atoms with Crippen LogP contribution in [-0.2, 0) is 9.68 Å². The first-order chi connectivity index (χ1) is 7.13. The second kappa shape index (κ2) is 5.18. The molecule has 2 N–H and O–H groups in total. The van der Waals surface area contributed by atoms with E-state index in [0.29, 0.717) is 0 Å². The standard InChI is InChI=1S/C8H14N4O3/c1-3-4-5-6(2)10-12-7(9)11-14-8(13)15-12/h3-5H2,1-2H3,(H2,9,11)/b10-6+. The number of rotatable bonds is 4. The summed E-state index contributed by atoms with van der Waals surface area (Å²) in [6.45, 7) is 3.91. The Morgan fingerprint density at radius 3 is 3.07 bits per heavy atom. The van der Waals surface area contributed by atoms with Gasteiger partial charge in [-0.15, -0.1) is 5.10 Å². The van der Waals surface area contributed by atoms with E-state index in [1.165, 1.54) is 0 Å². The molecule has 0 unspecified atom stereocenters. The van der Waals surface area contributed by atoms with Crippen molar-refractivity contribution in [2.24, 2.45) is 16.0 Å². The lowest BCUT2D eigenvalue weighted by Crippen LogP contribution is -2.39. The van der Waals surface area contributed by atoms with Gasteiger partial charge in [0.25, 0.3) is 5.96 Å². The fourth-order valence-electron chi connectivity index (χ4n) is 0.962. The van der Waals surface area contributed by atoms with Crippen molar-refractivity contribution in [1.82, 2.24) is 5.17 Å². The summed E-state index contributed by atoms with van der Waals surface area (Å²) in [4.78, 5) is 19.4. The number of carbonyl (C=O) groups is 1. The Balaban J connectivity index is 2.59. The van der Waals surface area contributed by atoms with Crippen molar-refractivity contribution < 1.29 is 14.5 Å². The Labute approximate surface area is 87.4 Å². The summed E-state index contributed by atoms with van der Waals surface area (Å²) < 4.78 is 0. The van der Waals surface area contributed by atoms with Crippen molar-refractivity contribution in [3.05, 3.63) is 0 Å². The second-order valence-electron chi connectivity index (χ2n) is 3.09. The van der Waals surface area contributed by atoms with Gasteiger partial charge in [0.15, 0.2) is 0 Å². The third-order valence-electron chi connectivity index (χ3n) is 1.72. The van der Waals surface area contributed by atoms with E-state index >= 15 is 0 Å². The Morgan fingerprint density at radius 1 is 1.67 bits per heavy atom. The van der Waals surface area contributed by atoms with Crippen molar-refractivity contribution in [2.45, 2.75) is 33.1 Å². The average Bonchev–Trinajstić information content (AvgIpc) is 2.20. The molecule has 1 heterocycles. The molecular weight excluding hydrogens is 200 g/mol. The third kappa shape index (κ3) is 3.45. The van der Waals surface area contributed by atoms with Crippen molar-refractivity contribution in [1.29, 1.82) is 0 Å². The molecular formula is C8H14N4O3. The zero-order valence-electron chi connectivity index (χ0n) is 8.77. The fourth-order valence-corrected chi connectivity index (χ4v) is 0.962. The highest BCUT2D eigenvalue weighted by atomic mass is 16.9. The zero-order chi connectivity index (χ0) is 11.3. The quantitative estimate of drug-likeness (QED) is 0.560. The van der Waals surface area contributed by atoms with Gasteiger partial charge in [0.05, 0.1) is 0 Å². The number of carbonyl (C=O) groups excluding carboxylic acids is 1. The summed E-state index contributed by atoms with van der Waals surface area (Å²) in [6.07, 6.45) is 1.96. The van der Waals surface area contributed by atoms with Crippen LogP contribution in [0.3, 0.4) is 0 Å². The van der Waals surface area contributed by atoms with Gasteiger partial charge in [-0.3, -0.25) is 9.68 Å². The number of nitrogens with zero attached hydrogens (tertiary/aromatic N) is 3. The number of hydrogen-bond acceptors (Lipinski definition) is 7. The summed E-state index contributed by atoms with van der Waals surface area (Å²) >= 11 is 0. The van der Waals surface area contributed by atoms with E-state index in [4.69, 9.17) is 5.73 Å². The maximum Gasteiger partial charge on any atom is 0.562 e. The Kier molecular flexibility index (Phi) is 3.90. The summed E-state index contributed by atoms with van der Waals surface area (Å²) in [6, 6.07) is 0. The highest BCUT2D eigenvalue weighted by Crippen LogP contribution is 2.05. The second-order valence-corrected chi connectivity index (χ2v) is 3.09. The normalized spacial score (nSPS) is 16.9. The number of hydrogen-bond donors (Lipinski definition) is 1. The number of guanidine groups is 1. The number of unbranched alkanes of at least 4 members (excludes halogenated alkanes) is 1. The van der Waals surface area contributed by atoms with Crippen LogP contribution >= 0.6 is 0 Å². The molecule has 84 valence electrons. The molecule has 0 fully saturated rings. The van der Waals surface area contributed by atoms with Gasteiger partial charge in [0.1, 0.15) is 0 Å². The fraction of sp³-hybridized carbons (Fsp3) is 0.625. The minimum absolute atomic E-state index is 0.106. The van der Waals surface area contributed by atoms with Gasteiger partial charge >= 0.3 is 6.16 Å². The number of hydrazone groups is 1. The highest BCUT2D eigenvalue weighted by molar-refractivity contribution is 5.85. The predicted molar refractivity (Wildman–Crippen MR) is 53.7 cm³/mol. The van der Waals surface area contributed by atoms with Crippen LogP contribution in [0.15, 0.2) is 10.3 Å². The van der Waals surface area contributed by atoms with Crippen molar-refractivity contribution >= 4 is 17.8 Å². The molecule has 15 heavy (non-hydrogen) atoms. The van der Waals surface area contributed by atoms with Gasteiger partial charge in [-0.1, -0.05) is 13.3 Å². The first-order valence-electron chi connectivity index (χ1n) is 4.70. The van der Waals surface area contributed by atoms with Gasteiger partial charge in [-0.05, 0) is 30.1 Å². The van der Waals surface area contributed by atoms with Crippen LogP contribution in [0.4, 0.5) is 4.79 Å². The van der Waals surface area contributed by atoms with Crippen molar-refractivity contribution in [3.8, 4) is 0 Å². The molecule has 1 aliphatic rings. The Morgan fingerprint density at radius 2 is 2.40 bits per heavy atom. The van der Waals surface area contributed by atoms with E-state index < -0.39 is 6.16 Å². The van der Waals surface area contributed by atoms with Gasteiger partial charge < -0.3 is 5.73 Å². The molecule has 0 aromatic heterocycles. The molecule has 0 spiro atoms. The molecule has 0 atom stereocenters. The van der Waals surface area contributed by atoms with Crippen LogP contribution in [-0.4, -0.2) is 23.0 Å². The topological polar surface area (TPSA) is 89.5 Å². The van der Waals surface area contributed by atoms with E-state index in [-0.39, 0.29) is 5.96 Å². The maximum atomic E-state index is 10.7. The lowest BCUT2D eigenvalue weighted by atomic mass is 10.2. The highest BCUT2D eigenvalue weighted by Gasteiger charge is 2.21. The molecule has 0 amide bonds. The van der Waals surface area contributed by atoms with Crippen LogP contribution in [0.5, 0.6) is 0 Å². The third-order valence-corrected chi connectivity index (χ3v) is 1.72. The van der Waals surface area contributed by atoms with Crippen LogP contribution < -0.4 is 5.73 Å². The van der Waals surface area contributed by atoms with Crippen molar-refractivity contribution in [3.63, 3.8) is 0 Å². The minimum Gasteiger partial charge on any atom is -0.363 e. The molecule has 0 radical (unpaired) electrons. The molecule has 7 heteroatoms. The summed E-state index contributed by atoms with van der Waals surface area (Å²) in [5.74, 6) is -0.106. The lowest BCUT2D eigenvalue weighted by Gasteiger charge is -2.18. The SMILES string of the molecule is CCCC/C(C)=N/N1OC(=O)ON=C1N. The minimum atomic E-state index is -0.948. The van der Waals surface area contributed by atoms with E-state index in [2.05, 4.69) is 26.9 Å².